The normalized spacial score (nSPS) is 30.3. The Morgan fingerprint density at radius 2 is 1.82 bits per heavy atom. The Labute approximate surface area is 103 Å². The van der Waals surface area contributed by atoms with Gasteiger partial charge in [-0.05, 0) is 32.1 Å². The van der Waals surface area contributed by atoms with Gasteiger partial charge in [0.1, 0.15) is 0 Å². The molecule has 1 aliphatic heterocycles. The highest BCUT2D eigenvalue weighted by atomic mass is 16.3. The highest BCUT2D eigenvalue weighted by molar-refractivity contribution is 5.78. The molecule has 0 bridgehead atoms. The van der Waals surface area contributed by atoms with Gasteiger partial charge in [0.05, 0.1) is 12.6 Å². The Hall–Kier alpha value is -0.610. The molecule has 0 aromatic rings. The van der Waals surface area contributed by atoms with Crippen molar-refractivity contribution >= 4 is 5.91 Å². The van der Waals surface area contributed by atoms with Gasteiger partial charge >= 0.3 is 0 Å². The predicted octanol–water partition coefficient (Wildman–Crippen LogP) is 0.892. The van der Waals surface area contributed by atoms with E-state index in [0.29, 0.717) is 6.54 Å². The van der Waals surface area contributed by atoms with Gasteiger partial charge in [0, 0.05) is 19.1 Å². The van der Waals surface area contributed by atoms with Crippen molar-refractivity contribution < 1.29 is 9.90 Å². The number of aliphatic hydroxyl groups is 1. The van der Waals surface area contributed by atoms with E-state index in [-0.39, 0.29) is 18.1 Å². The van der Waals surface area contributed by atoms with E-state index < -0.39 is 0 Å². The predicted molar refractivity (Wildman–Crippen MR) is 66.7 cm³/mol. The largest absolute Gasteiger partial charge is 0.392 e. The van der Waals surface area contributed by atoms with E-state index in [1.54, 1.807) is 0 Å². The molecule has 1 aliphatic carbocycles. The van der Waals surface area contributed by atoms with Gasteiger partial charge in [-0.15, -0.1) is 0 Å². The summed E-state index contributed by atoms with van der Waals surface area (Å²) in [6, 6.07) is 0.123. The van der Waals surface area contributed by atoms with Gasteiger partial charge in [0.15, 0.2) is 0 Å². The summed E-state index contributed by atoms with van der Waals surface area (Å²) in [5.41, 5.74) is 0. The molecule has 2 rings (SSSR count). The zero-order chi connectivity index (χ0) is 12.1. The summed E-state index contributed by atoms with van der Waals surface area (Å²) in [6.45, 7) is 2.21. The fourth-order valence-electron chi connectivity index (χ4n) is 2.82. The fourth-order valence-corrected chi connectivity index (χ4v) is 2.82. The topological polar surface area (TPSA) is 52.6 Å². The molecule has 2 aliphatic rings. The monoisotopic (exact) mass is 240 g/mol. The highest BCUT2D eigenvalue weighted by Gasteiger charge is 2.24. The van der Waals surface area contributed by atoms with Crippen molar-refractivity contribution in [2.24, 2.45) is 0 Å². The minimum atomic E-state index is -0.266. The first-order valence-corrected chi connectivity index (χ1v) is 6.96. The van der Waals surface area contributed by atoms with Gasteiger partial charge in [-0.1, -0.05) is 12.8 Å². The number of piperidine rings is 1. The van der Waals surface area contributed by atoms with Crippen LogP contribution in [0.4, 0.5) is 0 Å². The highest BCUT2D eigenvalue weighted by Crippen LogP contribution is 2.18. The van der Waals surface area contributed by atoms with Crippen LogP contribution in [0.5, 0.6) is 0 Å². The lowest BCUT2D eigenvalue weighted by Crippen LogP contribution is -2.48. The number of nitrogens with one attached hydrogen (secondary N) is 1. The van der Waals surface area contributed by atoms with Crippen molar-refractivity contribution in [3.63, 3.8) is 0 Å². The van der Waals surface area contributed by atoms with Crippen LogP contribution in [-0.4, -0.2) is 47.7 Å². The van der Waals surface area contributed by atoms with E-state index >= 15 is 0 Å². The van der Waals surface area contributed by atoms with Crippen molar-refractivity contribution in [1.29, 1.82) is 0 Å². The summed E-state index contributed by atoms with van der Waals surface area (Å²) in [5, 5.41) is 13.0. The average molecular weight is 240 g/mol. The van der Waals surface area contributed by atoms with Crippen LogP contribution in [0.2, 0.25) is 0 Å². The standard InChI is InChI=1S/C13H24N2O2/c16-12-7-3-2-6-11(12)14-10-13(17)15-8-4-1-5-9-15/h11-12,14,16H,1-10H2/t11-,12-/m1/s1. The molecule has 0 spiro atoms. The van der Waals surface area contributed by atoms with Crippen LogP contribution in [0.25, 0.3) is 0 Å². The first-order valence-electron chi connectivity index (χ1n) is 6.96. The zero-order valence-corrected chi connectivity index (χ0v) is 10.5. The number of carbonyl (C=O) groups is 1. The zero-order valence-electron chi connectivity index (χ0n) is 10.5. The van der Waals surface area contributed by atoms with Crippen molar-refractivity contribution in [1.82, 2.24) is 10.2 Å². The molecule has 1 saturated carbocycles. The van der Waals surface area contributed by atoms with Crippen LogP contribution in [0.3, 0.4) is 0 Å². The lowest BCUT2D eigenvalue weighted by Gasteiger charge is -2.31. The second-order valence-corrected chi connectivity index (χ2v) is 5.28. The summed E-state index contributed by atoms with van der Waals surface area (Å²) in [6.07, 6.45) is 7.39. The van der Waals surface area contributed by atoms with Gasteiger partial charge in [0.25, 0.3) is 0 Å². The molecule has 0 aromatic heterocycles. The van der Waals surface area contributed by atoms with E-state index in [2.05, 4.69) is 5.32 Å². The molecule has 1 amide bonds. The maximum absolute atomic E-state index is 11.9. The van der Waals surface area contributed by atoms with Crippen molar-refractivity contribution in [3.8, 4) is 0 Å². The van der Waals surface area contributed by atoms with E-state index in [1.807, 2.05) is 4.90 Å². The molecular weight excluding hydrogens is 216 g/mol. The molecule has 2 fully saturated rings. The summed E-state index contributed by atoms with van der Waals surface area (Å²) in [4.78, 5) is 13.9. The maximum atomic E-state index is 11.9. The second-order valence-electron chi connectivity index (χ2n) is 5.28. The molecule has 98 valence electrons. The summed E-state index contributed by atoms with van der Waals surface area (Å²) in [5.74, 6) is 0.197. The van der Waals surface area contributed by atoms with Crippen molar-refractivity contribution in [3.05, 3.63) is 0 Å². The second kappa shape index (κ2) is 6.36. The molecule has 0 unspecified atom stereocenters. The quantitative estimate of drug-likeness (QED) is 0.770. The first kappa shape index (κ1) is 12.8. The van der Waals surface area contributed by atoms with Crippen LogP contribution in [0, 0.1) is 0 Å². The molecule has 1 saturated heterocycles. The SMILES string of the molecule is O=C(CN[C@@H]1CCCC[C@H]1O)N1CCCCC1. The van der Waals surface area contributed by atoms with Crippen molar-refractivity contribution in [2.75, 3.05) is 19.6 Å². The minimum Gasteiger partial charge on any atom is -0.392 e. The molecule has 0 aromatic carbocycles. The number of aliphatic hydroxyl groups excluding tert-OH is 1. The summed E-state index contributed by atoms with van der Waals surface area (Å²) in [7, 11) is 0. The molecule has 2 N–H and O–H groups in total. The number of rotatable bonds is 3. The molecule has 2 atom stereocenters. The number of carbonyl (C=O) groups excluding carboxylic acids is 1. The van der Waals surface area contributed by atoms with Crippen LogP contribution >= 0.6 is 0 Å². The van der Waals surface area contributed by atoms with E-state index in [4.69, 9.17) is 0 Å². The van der Waals surface area contributed by atoms with E-state index in [1.165, 1.54) is 6.42 Å². The van der Waals surface area contributed by atoms with Gasteiger partial charge in [-0.2, -0.15) is 0 Å². The Bertz CT molecular complexity index is 252. The van der Waals surface area contributed by atoms with Crippen LogP contribution < -0.4 is 5.32 Å². The molecule has 4 heteroatoms. The van der Waals surface area contributed by atoms with Gasteiger partial charge < -0.3 is 15.3 Å². The van der Waals surface area contributed by atoms with Gasteiger partial charge in [-0.25, -0.2) is 0 Å². The van der Waals surface area contributed by atoms with Crippen LogP contribution in [0.15, 0.2) is 0 Å². The van der Waals surface area contributed by atoms with Gasteiger partial charge in [0.2, 0.25) is 5.91 Å². The fraction of sp³-hybridized carbons (Fsp3) is 0.923. The van der Waals surface area contributed by atoms with Gasteiger partial charge in [-0.3, -0.25) is 4.79 Å². The third kappa shape index (κ3) is 3.68. The molecule has 4 nitrogen and oxygen atoms in total. The number of nitrogens with zero attached hydrogens (tertiary/aromatic N) is 1. The third-order valence-electron chi connectivity index (χ3n) is 3.95. The molecule has 17 heavy (non-hydrogen) atoms. The lowest BCUT2D eigenvalue weighted by molar-refractivity contribution is -0.131. The smallest absolute Gasteiger partial charge is 0.236 e. The lowest BCUT2D eigenvalue weighted by atomic mass is 9.92. The van der Waals surface area contributed by atoms with Crippen molar-refractivity contribution in [2.45, 2.75) is 57.1 Å². The average Bonchev–Trinajstić information content (AvgIpc) is 2.38. The Morgan fingerprint density at radius 3 is 2.53 bits per heavy atom. The third-order valence-corrected chi connectivity index (χ3v) is 3.95. The summed E-state index contributed by atoms with van der Waals surface area (Å²) >= 11 is 0. The number of amides is 1. The Balaban J connectivity index is 1.71. The van der Waals surface area contributed by atoms with Crippen LogP contribution in [-0.2, 0) is 4.79 Å². The number of hydrogen-bond donors (Lipinski definition) is 2. The van der Waals surface area contributed by atoms with E-state index in [9.17, 15) is 9.90 Å². The van der Waals surface area contributed by atoms with Crippen LogP contribution in [0.1, 0.15) is 44.9 Å². The maximum Gasteiger partial charge on any atom is 0.236 e. The molecular formula is C13H24N2O2. The number of hydrogen-bond acceptors (Lipinski definition) is 3. The Kier molecular flexibility index (Phi) is 4.80. The minimum absolute atomic E-state index is 0.123. The summed E-state index contributed by atoms with van der Waals surface area (Å²) < 4.78 is 0. The van der Waals surface area contributed by atoms with E-state index in [0.717, 1.165) is 51.6 Å². The Morgan fingerprint density at radius 1 is 1.12 bits per heavy atom. The molecule has 1 heterocycles. The first-order chi connectivity index (χ1) is 8.27. The molecule has 0 radical (unpaired) electrons. The number of likely N-dealkylation sites (tertiary alicyclic amines) is 1.